The molecule has 4 aromatic carbocycles. The number of nitrogens with zero attached hydrogens (tertiary/aromatic N) is 4. The van der Waals surface area contributed by atoms with Gasteiger partial charge in [-0.25, -0.2) is 0 Å². The number of halogens is 2. The fourth-order valence-electron chi connectivity index (χ4n) is 8.27. The molecule has 2 aliphatic rings. The lowest BCUT2D eigenvalue weighted by Crippen LogP contribution is -2.38. The molecule has 2 saturated heterocycles. The number of hydrogen-bond donors (Lipinski definition) is 4. The number of nitrogens with two attached hydrogens (primary N) is 1. The molecule has 0 atom stereocenters. The Balaban J connectivity index is 0.000000201. The number of nitrogen functional groups attached to an aromatic ring is 1. The number of carbonyl (C=O) groups is 1. The number of oxazole rings is 2. The van der Waals surface area contributed by atoms with Crippen LogP contribution in [0.15, 0.2) is 69.5 Å². The molecular formula is C49H62F2N8O8. The summed E-state index contributed by atoms with van der Waals surface area (Å²) < 4.78 is 67.4. The highest BCUT2D eigenvalue weighted by atomic mass is 19.1. The van der Waals surface area contributed by atoms with Gasteiger partial charge in [0.2, 0.25) is 17.5 Å². The van der Waals surface area contributed by atoms with E-state index in [1.807, 2.05) is 58.0 Å². The third kappa shape index (κ3) is 12.8. The molecule has 0 radical (unpaired) electrons. The fourth-order valence-corrected chi connectivity index (χ4v) is 8.27. The second-order valence-electron chi connectivity index (χ2n) is 16.3. The van der Waals surface area contributed by atoms with Crippen molar-refractivity contribution in [3.05, 3.63) is 83.4 Å². The van der Waals surface area contributed by atoms with Crippen LogP contribution in [0.1, 0.15) is 64.5 Å². The molecule has 6 aromatic rings. The minimum absolute atomic E-state index is 0.0320. The van der Waals surface area contributed by atoms with Crippen LogP contribution in [0.25, 0.3) is 22.2 Å². The van der Waals surface area contributed by atoms with E-state index in [1.165, 1.54) is 7.11 Å². The Labute approximate surface area is 389 Å². The van der Waals surface area contributed by atoms with Crippen LogP contribution >= 0.6 is 0 Å². The number of para-hydroxylation sites is 2. The summed E-state index contributed by atoms with van der Waals surface area (Å²) in [6, 6.07) is 19.4. The molecule has 0 saturated carbocycles. The number of methoxy groups -OCH3 is 1. The van der Waals surface area contributed by atoms with Crippen molar-refractivity contribution in [3.8, 4) is 23.0 Å². The molecule has 0 bridgehead atoms. The number of fused-ring (bicyclic) bond motifs is 2. The first-order valence-electron chi connectivity index (χ1n) is 23.0. The summed E-state index contributed by atoms with van der Waals surface area (Å²) in [7, 11) is 1.47. The quantitative estimate of drug-likeness (QED) is 0.0565. The van der Waals surface area contributed by atoms with E-state index < -0.39 is 11.6 Å². The largest absolute Gasteiger partial charge is 0.491 e. The summed E-state index contributed by atoms with van der Waals surface area (Å²) >= 11 is 0. The smallest absolute Gasteiger partial charge is 0.295 e. The Morgan fingerprint density at radius 2 is 1.09 bits per heavy atom. The summed E-state index contributed by atoms with van der Waals surface area (Å²) in [5, 5.41) is 9.58. The number of likely N-dealkylation sites (tertiary alicyclic amines) is 2. The molecule has 360 valence electrons. The number of aromatic nitrogens is 2. The Morgan fingerprint density at radius 3 is 1.51 bits per heavy atom. The molecule has 8 rings (SSSR count). The van der Waals surface area contributed by atoms with E-state index in [-0.39, 0.29) is 47.6 Å². The van der Waals surface area contributed by atoms with Crippen molar-refractivity contribution < 1.29 is 46.1 Å². The van der Waals surface area contributed by atoms with Gasteiger partial charge in [-0.05, 0) is 113 Å². The number of carbonyl (C=O) groups excluding carboxylic acids is 1. The van der Waals surface area contributed by atoms with Crippen molar-refractivity contribution >= 4 is 51.5 Å². The van der Waals surface area contributed by atoms with Gasteiger partial charge in [-0.3, -0.25) is 14.6 Å². The third-order valence-electron chi connectivity index (χ3n) is 11.4. The maximum Gasteiger partial charge on any atom is 0.295 e. The molecule has 67 heavy (non-hydrogen) atoms. The lowest BCUT2D eigenvalue weighted by molar-refractivity contribution is -0.119. The second-order valence-corrected chi connectivity index (χ2v) is 16.3. The standard InChI is InChI=1S/C26H33FN4O5.C23H29FN4O3/c1-4-34-21-13-17(14-22(24(21)27)35-5-2)15-31-11-9-18(10-12-31)28-26-30-25-19(29-23(32)16-33-3)7-6-8-20(25)36-26;1-3-29-19-12-15(13-20(21(19)24)30-4-2)14-28-10-8-16(9-11-28)26-23-27-22-17(25)6-5-7-18(22)31-23/h6-8,13-14,18H,4-5,9-12,15-16H2,1-3H3,(H,28,30)(H,29,32);5-7,12-13,16H,3-4,8-11,14,25H2,1-2H3,(H,26,27). The molecule has 16 nitrogen and oxygen atoms in total. The first kappa shape index (κ1) is 48.6. The van der Waals surface area contributed by atoms with E-state index >= 15 is 0 Å². The fraction of sp³-hybridized carbons (Fsp3) is 0.449. The average molecular weight is 929 g/mol. The second kappa shape index (κ2) is 23.4. The van der Waals surface area contributed by atoms with Crippen LogP contribution in [-0.2, 0) is 22.6 Å². The van der Waals surface area contributed by atoms with E-state index in [0.717, 1.165) is 63.0 Å². The van der Waals surface area contributed by atoms with Crippen molar-refractivity contribution in [2.75, 3.05) is 88.0 Å². The monoisotopic (exact) mass is 928 g/mol. The number of hydrogen-bond acceptors (Lipinski definition) is 15. The summed E-state index contributed by atoms with van der Waals surface area (Å²) in [5.74, 6) is -0.199. The van der Waals surface area contributed by atoms with Crippen LogP contribution < -0.4 is 40.6 Å². The van der Waals surface area contributed by atoms with Crippen molar-refractivity contribution in [2.45, 2.75) is 78.6 Å². The Bertz CT molecular complexity index is 2500. The van der Waals surface area contributed by atoms with E-state index in [0.29, 0.717) is 85.1 Å². The number of nitrogens with one attached hydrogen (secondary N) is 3. The van der Waals surface area contributed by atoms with Gasteiger partial charge in [0.15, 0.2) is 34.2 Å². The van der Waals surface area contributed by atoms with Gasteiger partial charge in [-0.2, -0.15) is 18.7 Å². The van der Waals surface area contributed by atoms with Crippen molar-refractivity contribution in [3.63, 3.8) is 0 Å². The predicted molar refractivity (Wildman–Crippen MR) is 254 cm³/mol. The van der Waals surface area contributed by atoms with Gasteiger partial charge >= 0.3 is 0 Å². The first-order valence-corrected chi connectivity index (χ1v) is 23.0. The number of rotatable bonds is 19. The van der Waals surface area contributed by atoms with Crippen LogP contribution in [0.3, 0.4) is 0 Å². The highest BCUT2D eigenvalue weighted by Crippen LogP contribution is 2.33. The molecule has 4 heterocycles. The summed E-state index contributed by atoms with van der Waals surface area (Å²) in [6.07, 6.45) is 3.69. The maximum atomic E-state index is 14.5. The topological polar surface area (TPSA) is 184 Å². The van der Waals surface area contributed by atoms with E-state index in [1.54, 1.807) is 30.3 Å². The highest BCUT2D eigenvalue weighted by molar-refractivity contribution is 5.99. The number of benzene rings is 4. The summed E-state index contributed by atoms with van der Waals surface area (Å²) in [6.45, 7) is 13.8. The van der Waals surface area contributed by atoms with Crippen LogP contribution in [0.5, 0.6) is 23.0 Å². The molecule has 0 aliphatic carbocycles. The molecular weight excluding hydrogens is 867 g/mol. The predicted octanol–water partition coefficient (Wildman–Crippen LogP) is 8.85. The zero-order chi connectivity index (χ0) is 47.3. The molecule has 1 amide bonds. The SMILES string of the molecule is CCOc1cc(CN2CCC(Nc3nc4c(N)cccc4o3)CC2)cc(OCC)c1F.CCOc1cc(CN2CCC(Nc3nc4c(NC(=O)COC)cccc4o3)CC2)cc(OCC)c1F. The van der Waals surface area contributed by atoms with Crippen molar-refractivity contribution in [2.24, 2.45) is 0 Å². The zero-order valence-corrected chi connectivity index (χ0v) is 38.9. The first-order chi connectivity index (χ1) is 32.6. The Hall–Kier alpha value is -6.37. The van der Waals surface area contributed by atoms with Gasteiger partial charge in [0.05, 0.1) is 37.8 Å². The van der Waals surface area contributed by atoms with Gasteiger partial charge in [0.25, 0.3) is 12.0 Å². The van der Waals surface area contributed by atoms with Crippen LogP contribution in [-0.4, -0.2) is 104 Å². The van der Waals surface area contributed by atoms with Gasteiger partial charge in [-0.1, -0.05) is 12.1 Å². The molecule has 5 N–H and O–H groups in total. The zero-order valence-electron chi connectivity index (χ0n) is 38.9. The number of piperidine rings is 2. The minimum Gasteiger partial charge on any atom is -0.491 e. The normalized spacial score (nSPS) is 15.0. The lowest BCUT2D eigenvalue weighted by atomic mass is 10.0. The molecule has 2 aliphatic heterocycles. The molecule has 0 unspecified atom stereocenters. The van der Waals surface area contributed by atoms with Gasteiger partial charge in [-0.15, -0.1) is 0 Å². The van der Waals surface area contributed by atoms with Gasteiger partial charge in [0.1, 0.15) is 17.6 Å². The highest BCUT2D eigenvalue weighted by Gasteiger charge is 2.25. The van der Waals surface area contributed by atoms with Crippen LogP contribution in [0.4, 0.5) is 32.2 Å². The van der Waals surface area contributed by atoms with Crippen LogP contribution in [0.2, 0.25) is 0 Å². The number of anilines is 4. The third-order valence-corrected chi connectivity index (χ3v) is 11.4. The number of amides is 1. The minimum atomic E-state index is -0.454. The van der Waals surface area contributed by atoms with Crippen LogP contribution in [0, 0.1) is 11.6 Å². The van der Waals surface area contributed by atoms with Crippen molar-refractivity contribution in [1.82, 2.24) is 19.8 Å². The maximum absolute atomic E-state index is 14.5. The lowest BCUT2D eigenvalue weighted by Gasteiger charge is -2.32. The average Bonchev–Trinajstić information content (AvgIpc) is 3.93. The summed E-state index contributed by atoms with van der Waals surface area (Å²) in [5.41, 5.74) is 11.7. The molecule has 18 heteroatoms. The van der Waals surface area contributed by atoms with E-state index in [9.17, 15) is 13.6 Å². The molecule has 2 fully saturated rings. The Morgan fingerprint density at radius 1 is 0.672 bits per heavy atom. The summed E-state index contributed by atoms with van der Waals surface area (Å²) in [4.78, 5) is 25.6. The Kier molecular flexibility index (Phi) is 16.9. The van der Waals surface area contributed by atoms with Gasteiger partial charge in [0, 0.05) is 58.5 Å². The number of ether oxygens (including phenoxy) is 5. The van der Waals surface area contributed by atoms with Crippen molar-refractivity contribution in [1.29, 1.82) is 0 Å². The molecule has 0 spiro atoms. The van der Waals surface area contributed by atoms with Gasteiger partial charge < -0.3 is 54.2 Å². The molecule has 2 aromatic heterocycles. The van der Waals surface area contributed by atoms with E-state index in [4.69, 9.17) is 38.3 Å². The van der Waals surface area contributed by atoms with E-state index in [2.05, 4.69) is 35.7 Å².